The summed E-state index contributed by atoms with van der Waals surface area (Å²) >= 11 is 1.57. The molecule has 1 fully saturated rings. The fourth-order valence-corrected chi connectivity index (χ4v) is 2.97. The van der Waals surface area contributed by atoms with E-state index in [9.17, 15) is 9.59 Å². The Hall–Kier alpha value is -2.15. The first-order valence-electron chi connectivity index (χ1n) is 7.22. The van der Waals surface area contributed by atoms with Crippen molar-refractivity contribution in [3.05, 3.63) is 33.4 Å². The molecule has 1 atom stereocenters. The third kappa shape index (κ3) is 2.89. The van der Waals surface area contributed by atoms with Crippen LogP contribution < -0.4 is 16.6 Å². The third-order valence-electron chi connectivity index (χ3n) is 3.63. The average Bonchev–Trinajstić information content (AvgIpc) is 3.19. The number of rotatable bonds is 4. The van der Waals surface area contributed by atoms with Crippen LogP contribution in [0.4, 0.5) is 5.69 Å². The molecule has 0 bridgehead atoms. The van der Waals surface area contributed by atoms with Crippen LogP contribution in [0, 0.1) is 6.92 Å². The molecule has 0 aliphatic heterocycles. The summed E-state index contributed by atoms with van der Waals surface area (Å²) in [6, 6.07) is 5.04. The van der Waals surface area contributed by atoms with Gasteiger partial charge in [0, 0.05) is 10.9 Å². The molecule has 0 saturated heterocycles. The lowest BCUT2D eigenvalue weighted by Crippen LogP contribution is -2.38. The van der Waals surface area contributed by atoms with Gasteiger partial charge in [0.05, 0.1) is 4.88 Å². The second-order valence-corrected chi connectivity index (χ2v) is 6.89. The quantitative estimate of drug-likeness (QED) is 0.898. The van der Waals surface area contributed by atoms with E-state index in [-0.39, 0.29) is 17.6 Å². The highest BCUT2D eigenvalue weighted by molar-refractivity contribution is 7.15. The molecule has 2 aromatic rings. The van der Waals surface area contributed by atoms with Gasteiger partial charge < -0.3 is 11.1 Å². The van der Waals surface area contributed by atoms with Crippen LogP contribution in [-0.2, 0) is 4.79 Å². The highest BCUT2D eigenvalue weighted by Gasteiger charge is 2.27. The van der Waals surface area contributed by atoms with Crippen molar-refractivity contribution in [1.82, 2.24) is 15.1 Å². The van der Waals surface area contributed by atoms with Crippen molar-refractivity contribution < 1.29 is 4.79 Å². The number of hydrogen-bond donors (Lipinski definition) is 2. The van der Waals surface area contributed by atoms with Crippen LogP contribution in [0.3, 0.4) is 0 Å². The summed E-state index contributed by atoms with van der Waals surface area (Å²) in [7, 11) is 0. The fourth-order valence-electron chi connectivity index (χ4n) is 2.15. The molecule has 1 amide bonds. The van der Waals surface area contributed by atoms with E-state index in [4.69, 9.17) is 5.73 Å². The Morgan fingerprint density at radius 2 is 2.23 bits per heavy atom. The molecule has 1 aliphatic carbocycles. The maximum absolute atomic E-state index is 12.2. The number of carbonyl (C=O) groups excluding carboxylic acids is 1. The Labute approximate surface area is 132 Å². The number of carbonyl (C=O) groups is 1. The Balaban J connectivity index is 1.97. The lowest BCUT2D eigenvalue weighted by atomic mass is 10.2. The monoisotopic (exact) mass is 318 g/mol. The molecular formula is C15H18N4O2S. The van der Waals surface area contributed by atoms with Crippen LogP contribution in [0.5, 0.6) is 0 Å². The van der Waals surface area contributed by atoms with E-state index in [1.54, 1.807) is 24.3 Å². The van der Waals surface area contributed by atoms with Gasteiger partial charge in [-0.1, -0.05) is 0 Å². The van der Waals surface area contributed by atoms with Gasteiger partial charge >= 0.3 is 0 Å². The highest BCUT2D eigenvalue weighted by atomic mass is 32.1. The van der Waals surface area contributed by atoms with Crippen molar-refractivity contribution >= 4 is 22.9 Å². The summed E-state index contributed by atoms with van der Waals surface area (Å²) in [5.74, 6) is -0.198. The molecule has 6 nitrogen and oxygen atoms in total. The van der Waals surface area contributed by atoms with Gasteiger partial charge in [0.15, 0.2) is 0 Å². The summed E-state index contributed by atoms with van der Waals surface area (Å²) in [6.07, 6.45) is 1.99. The highest BCUT2D eigenvalue weighted by Crippen LogP contribution is 2.26. The predicted molar refractivity (Wildman–Crippen MR) is 86.8 cm³/mol. The Morgan fingerprint density at radius 1 is 1.50 bits per heavy atom. The Kier molecular flexibility index (Phi) is 3.74. The van der Waals surface area contributed by atoms with E-state index in [2.05, 4.69) is 10.4 Å². The first-order valence-corrected chi connectivity index (χ1v) is 8.04. The van der Waals surface area contributed by atoms with Gasteiger partial charge in [0.1, 0.15) is 17.4 Å². The molecular weight excluding hydrogens is 300 g/mol. The van der Waals surface area contributed by atoms with Gasteiger partial charge in [0.25, 0.3) is 5.56 Å². The summed E-state index contributed by atoms with van der Waals surface area (Å²) in [5.41, 5.74) is 6.09. The van der Waals surface area contributed by atoms with Gasteiger partial charge in [-0.25, -0.2) is 4.68 Å². The van der Waals surface area contributed by atoms with Crippen molar-refractivity contribution in [3.8, 4) is 10.6 Å². The van der Waals surface area contributed by atoms with Crippen molar-refractivity contribution in [2.24, 2.45) is 0 Å². The van der Waals surface area contributed by atoms with E-state index in [1.807, 2.05) is 19.1 Å². The Morgan fingerprint density at radius 3 is 2.82 bits per heavy atom. The number of aromatic nitrogens is 2. The zero-order chi connectivity index (χ0) is 15.9. The van der Waals surface area contributed by atoms with Crippen LogP contribution in [0.2, 0.25) is 0 Å². The number of anilines is 1. The summed E-state index contributed by atoms with van der Waals surface area (Å²) in [5, 5.41) is 7.22. The molecule has 2 heterocycles. The van der Waals surface area contributed by atoms with E-state index in [1.165, 1.54) is 4.68 Å². The lowest BCUT2D eigenvalue weighted by molar-refractivity contribution is -0.124. The maximum Gasteiger partial charge on any atom is 0.290 e. The average molecular weight is 318 g/mol. The first-order chi connectivity index (χ1) is 10.5. The first kappa shape index (κ1) is 14.8. The number of nitrogen functional groups attached to an aromatic ring is 1. The smallest absolute Gasteiger partial charge is 0.290 e. The van der Waals surface area contributed by atoms with Crippen LogP contribution in [0.15, 0.2) is 23.0 Å². The molecule has 1 saturated carbocycles. The van der Waals surface area contributed by atoms with Crippen molar-refractivity contribution in [2.75, 3.05) is 5.73 Å². The maximum atomic E-state index is 12.2. The largest absolute Gasteiger partial charge is 0.394 e. The standard InChI is InChI=1S/C15H18N4O2S/c1-8-3-6-13(22-8)12-7-11(16)15(21)19(18-12)9(2)14(20)17-10-4-5-10/h3,6-7,9-10H,4-5,16H2,1-2H3,(H,17,20)/t9-/m0/s1. The second-order valence-electron chi connectivity index (χ2n) is 5.60. The molecule has 3 rings (SSSR count). The minimum absolute atomic E-state index is 0.0992. The SMILES string of the molecule is Cc1ccc(-c2cc(N)c(=O)n([C@@H](C)C(=O)NC3CC3)n2)s1. The van der Waals surface area contributed by atoms with E-state index >= 15 is 0 Å². The Bertz CT molecular complexity index is 776. The summed E-state index contributed by atoms with van der Waals surface area (Å²) < 4.78 is 1.18. The molecule has 7 heteroatoms. The zero-order valence-corrected chi connectivity index (χ0v) is 13.3. The van der Waals surface area contributed by atoms with Gasteiger partial charge in [-0.15, -0.1) is 11.3 Å². The van der Waals surface area contributed by atoms with Gasteiger partial charge in [-0.2, -0.15) is 5.10 Å². The van der Waals surface area contributed by atoms with Gasteiger partial charge in [-0.05, 0) is 44.9 Å². The van der Waals surface area contributed by atoms with Crippen LogP contribution >= 0.6 is 11.3 Å². The van der Waals surface area contributed by atoms with E-state index in [0.29, 0.717) is 5.69 Å². The molecule has 22 heavy (non-hydrogen) atoms. The molecule has 116 valence electrons. The fraction of sp³-hybridized carbons (Fsp3) is 0.400. The number of thiophene rings is 1. The van der Waals surface area contributed by atoms with Crippen molar-refractivity contribution in [2.45, 2.75) is 38.8 Å². The van der Waals surface area contributed by atoms with Crippen LogP contribution in [-0.4, -0.2) is 21.7 Å². The van der Waals surface area contributed by atoms with Crippen molar-refractivity contribution in [3.63, 3.8) is 0 Å². The van der Waals surface area contributed by atoms with Gasteiger partial charge in [0.2, 0.25) is 5.91 Å². The molecule has 0 aromatic carbocycles. The van der Waals surface area contributed by atoms with Crippen LogP contribution in [0.1, 0.15) is 30.7 Å². The lowest BCUT2D eigenvalue weighted by Gasteiger charge is -2.15. The second kappa shape index (κ2) is 5.57. The number of nitrogens with one attached hydrogen (secondary N) is 1. The minimum atomic E-state index is -0.684. The molecule has 3 N–H and O–H groups in total. The van der Waals surface area contributed by atoms with Crippen molar-refractivity contribution in [1.29, 1.82) is 0 Å². The molecule has 0 spiro atoms. The number of hydrogen-bond acceptors (Lipinski definition) is 5. The summed E-state index contributed by atoms with van der Waals surface area (Å²) in [4.78, 5) is 26.4. The van der Waals surface area contributed by atoms with Gasteiger partial charge in [-0.3, -0.25) is 9.59 Å². The molecule has 0 unspecified atom stereocenters. The zero-order valence-electron chi connectivity index (χ0n) is 12.5. The number of aryl methyl sites for hydroxylation is 1. The summed E-state index contributed by atoms with van der Waals surface area (Å²) in [6.45, 7) is 3.66. The number of nitrogens with two attached hydrogens (primary N) is 1. The minimum Gasteiger partial charge on any atom is -0.394 e. The van der Waals surface area contributed by atoms with E-state index < -0.39 is 11.6 Å². The van der Waals surface area contributed by atoms with E-state index in [0.717, 1.165) is 22.6 Å². The molecule has 0 radical (unpaired) electrons. The third-order valence-corrected chi connectivity index (χ3v) is 4.65. The number of nitrogens with zero attached hydrogens (tertiary/aromatic N) is 2. The number of amides is 1. The predicted octanol–water partition coefficient (Wildman–Crippen LogP) is 1.70. The molecule has 1 aliphatic rings. The topological polar surface area (TPSA) is 90.0 Å². The normalized spacial score (nSPS) is 15.5. The van der Waals surface area contributed by atoms with Crippen LogP contribution in [0.25, 0.3) is 10.6 Å². The molecule has 2 aromatic heterocycles.